The lowest BCUT2D eigenvalue weighted by Gasteiger charge is -2.06. The summed E-state index contributed by atoms with van der Waals surface area (Å²) >= 11 is 3.28. The molecule has 0 N–H and O–H groups in total. The molecular weight excluding hydrogens is 260 g/mol. The third kappa shape index (κ3) is 3.47. The van der Waals surface area contributed by atoms with Gasteiger partial charge in [0.05, 0.1) is 4.47 Å². The Bertz CT molecular complexity index is 399. The van der Waals surface area contributed by atoms with Crippen LogP contribution in [0.2, 0.25) is 0 Å². The van der Waals surface area contributed by atoms with Gasteiger partial charge >= 0.3 is 0 Å². The fraction of sp³-hybridized carbons (Fsp3) is 0.273. The number of ether oxygens (including phenoxy) is 1. The third-order valence-electron chi connectivity index (χ3n) is 1.77. The van der Waals surface area contributed by atoms with Crippen LogP contribution in [0.4, 0.5) is 0 Å². The van der Waals surface area contributed by atoms with Gasteiger partial charge in [-0.25, -0.2) is 0 Å². The van der Waals surface area contributed by atoms with E-state index in [4.69, 9.17) is 4.74 Å². The molecule has 0 bridgehead atoms. The maximum Gasteiger partial charge on any atom is 0.167 e. The van der Waals surface area contributed by atoms with Gasteiger partial charge in [0.2, 0.25) is 0 Å². The molecule has 1 aromatic rings. The first-order chi connectivity index (χ1) is 7.00. The molecular formula is C11H11BrO3. The predicted molar refractivity (Wildman–Crippen MR) is 60.3 cm³/mol. The summed E-state index contributed by atoms with van der Waals surface area (Å²) in [6, 6.07) is 5.02. The van der Waals surface area contributed by atoms with Crippen LogP contribution >= 0.6 is 15.9 Å². The summed E-state index contributed by atoms with van der Waals surface area (Å²) in [4.78, 5) is 21.8. The number of rotatable bonds is 4. The van der Waals surface area contributed by atoms with Crippen LogP contribution in [0.25, 0.3) is 0 Å². The van der Waals surface area contributed by atoms with Gasteiger partial charge in [0.1, 0.15) is 12.4 Å². The van der Waals surface area contributed by atoms with Gasteiger partial charge in [-0.1, -0.05) is 0 Å². The second-order valence-corrected chi connectivity index (χ2v) is 4.05. The lowest BCUT2D eigenvalue weighted by atomic mass is 10.1. The molecule has 3 nitrogen and oxygen atoms in total. The summed E-state index contributed by atoms with van der Waals surface area (Å²) in [6.45, 7) is 2.99. The van der Waals surface area contributed by atoms with Gasteiger partial charge < -0.3 is 4.74 Å². The summed E-state index contributed by atoms with van der Waals surface area (Å²) in [5.74, 6) is 0.515. The molecule has 0 spiro atoms. The van der Waals surface area contributed by atoms with Crippen molar-refractivity contribution in [3.05, 3.63) is 28.2 Å². The van der Waals surface area contributed by atoms with Crippen LogP contribution in [0.15, 0.2) is 22.7 Å². The molecule has 0 aromatic heterocycles. The SMILES string of the molecule is CC(=O)COc1ccc(C(C)=O)cc1Br. The van der Waals surface area contributed by atoms with Crippen LogP contribution in [-0.2, 0) is 4.79 Å². The Kier molecular flexibility index (Phi) is 4.03. The van der Waals surface area contributed by atoms with E-state index in [0.717, 1.165) is 0 Å². The van der Waals surface area contributed by atoms with Crippen molar-refractivity contribution in [2.24, 2.45) is 0 Å². The van der Waals surface area contributed by atoms with Crippen molar-refractivity contribution in [1.82, 2.24) is 0 Å². The standard InChI is InChI=1S/C11H11BrO3/c1-7(13)6-15-11-4-3-9(8(2)14)5-10(11)12/h3-5H,6H2,1-2H3. The number of Topliss-reactive ketones (excluding diaryl/α,β-unsaturated/α-hetero) is 2. The maximum atomic E-state index is 11.1. The first-order valence-corrected chi connectivity index (χ1v) is 5.22. The molecule has 0 atom stereocenters. The highest BCUT2D eigenvalue weighted by Gasteiger charge is 2.06. The first kappa shape index (κ1) is 11.9. The van der Waals surface area contributed by atoms with Crippen LogP contribution < -0.4 is 4.74 Å². The largest absolute Gasteiger partial charge is 0.485 e. The van der Waals surface area contributed by atoms with Crippen molar-refractivity contribution in [2.45, 2.75) is 13.8 Å². The molecule has 1 rings (SSSR count). The molecule has 80 valence electrons. The van der Waals surface area contributed by atoms with E-state index in [0.29, 0.717) is 15.8 Å². The molecule has 0 saturated heterocycles. The van der Waals surface area contributed by atoms with Crippen molar-refractivity contribution < 1.29 is 14.3 Å². The molecule has 0 aliphatic carbocycles. The van der Waals surface area contributed by atoms with E-state index < -0.39 is 0 Å². The number of hydrogen-bond acceptors (Lipinski definition) is 3. The van der Waals surface area contributed by atoms with Crippen molar-refractivity contribution >= 4 is 27.5 Å². The van der Waals surface area contributed by atoms with Gasteiger partial charge in [0, 0.05) is 5.56 Å². The van der Waals surface area contributed by atoms with Crippen LogP contribution in [0.3, 0.4) is 0 Å². The number of hydrogen-bond donors (Lipinski definition) is 0. The molecule has 0 fully saturated rings. The molecule has 15 heavy (non-hydrogen) atoms. The highest BCUT2D eigenvalue weighted by molar-refractivity contribution is 9.10. The number of carbonyl (C=O) groups excluding carboxylic acids is 2. The fourth-order valence-electron chi connectivity index (χ4n) is 1.02. The topological polar surface area (TPSA) is 43.4 Å². The molecule has 0 aliphatic heterocycles. The second kappa shape index (κ2) is 5.07. The molecule has 0 saturated carbocycles. The van der Waals surface area contributed by atoms with Crippen molar-refractivity contribution in [1.29, 1.82) is 0 Å². The summed E-state index contributed by atoms with van der Waals surface area (Å²) in [6.07, 6.45) is 0. The zero-order valence-corrected chi connectivity index (χ0v) is 10.1. The molecule has 4 heteroatoms. The minimum Gasteiger partial charge on any atom is -0.485 e. The smallest absolute Gasteiger partial charge is 0.167 e. The first-order valence-electron chi connectivity index (χ1n) is 4.43. The maximum absolute atomic E-state index is 11.1. The number of ketones is 2. The number of carbonyl (C=O) groups is 2. The Hall–Kier alpha value is -1.16. The quantitative estimate of drug-likeness (QED) is 0.790. The Morgan fingerprint density at radius 1 is 1.33 bits per heavy atom. The average molecular weight is 271 g/mol. The summed E-state index contributed by atoms with van der Waals surface area (Å²) in [5.41, 5.74) is 0.608. The van der Waals surface area contributed by atoms with Crippen LogP contribution in [-0.4, -0.2) is 18.2 Å². The zero-order valence-electron chi connectivity index (χ0n) is 8.54. The molecule has 0 heterocycles. The monoisotopic (exact) mass is 270 g/mol. The summed E-state index contributed by atoms with van der Waals surface area (Å²) in [5, 5.41) is 0. The van der Waals surface area contributed by atoms with Gasteiger partial charge in [-0.2, -0.15) is 0 Å². The van der Waals surface area contributed by atoms with Gasteiger partial charge in [-0.15, -0.1) is 0 Å². The van der Waals surface area contributed by atoms with E-state index in [2.05, 4.69) is 15.9 Å². The van der Waals surface area contributed by atoms with E-state index >= 15 is 0 Å². The van der Waals surface area contributed by atoms with Crippen molar-refractivity contribution in [3.63, 3.8) is 0 Å². The summed E-state index contributed by atoms with van der Waals surface area (Å²) < 4.78 is 5.90. The molecule has 0 aliphatic rings. The van der Waals surface area contributed by atoms with Gasteiger partial charge in [0.25, 0.3) is 0 Å². The Morgan fingerprint density at radius 3 is 2.47 bits per heavy atom. The number of benzene rings is 1. The molecule has 0 radical (unpaired) electrons. The van der Waals surface area contributed by atoms with E-state index in [-0.39, 0.29) is 18.2 Å². The zero-order chi connectivity index (χ0) is 11.4. The Labute approximate surface area is 96.6 Å². The molecule has 0 unspecified atom stereocenters. The molecule has 0 amide bonds. The van der Waals surface area contributed by atoms with Crippen LogP contribution in [0, 0.1) is 0 Å². The molecule has 1 aromatic carbocycles. The van der Waals surface area contributed by atoms with Crippen LogP contribution in [0.1, 0.15) is 24.2 Å². The summed E-state index contributed by atoms with van der Waals surface area (Å²) in [7, 11) is 0. The second-order valence-electron chi connectivity index (χ2n) is 3.19. The van der Waals surface area contributed by atoms with E-state index in [1.54, 1.807) is 18.2 Å². The van der Waals surface area contributed by atoms with E-state index in [1.165, 1.54) is 13.8 Å². The Morgan fingerprint density at radius 2 is 2.00 bits per heavy atom. The van der Waals surface area contributed by atoms with Gasteiger partial charge in [-0.05, 0) is 48.0 Å². The van der Waals surface area contributed by atoms with E-state index in [9.17, 15) is 9.59 Å². The fourth-order valence-corrected chi connectivity index (χ4v) is 1.51. The third-order valence-corrected chi connectivity index (χ3v) is 2.39. The Balaban J connectivity index is 2.83. The van der Waals surface area contributed by atoms with Gasteiger partial charge in [-0.3, -0.25) is 9.59 Å². The lowest BCUT2D eigenvalue weighted by molar-refractivity contribution is -0.118. The normalized spacial score (nSPS) is 9.80. The highest BCUT2D eigenvalue weighted by atomic mass is 79.9. The predicted octanol–water partition coefficient (Wildman–Crippen LogP) is 2.62. The minimum absolute atomic E-state index is 0.00572. The average Bonchev–Trinajstić information content (AvgIpc) is 2.15. The number of halogens is 1. The minimum atomic E-state index is -0.0439. The van der Waals surface area contributed by atoms with Crippen molar-refractivity contribution in [2.75, 3.05) is 6.61 Å². The lowest BCUT2D eigenvalue weighted by Crippen LogP contribution is -2.07. The van der Waals surface area contributed by atoms with E-state index in [1.807, 2.05) is 0 Å². The van der Waals surface area contributed by atoms with Gasteiger partial charge in [0.15, 0.2) is 11.6 Å². The van der Waals surface area contributed by atoms with Crippen LogP contribution in [0.5, 0.6) is 5.75 Å². The van der Waals surface area contributed by atoms with Crippen molar-refractivity contribution in [3.8, 4) is 5.75 Å². The highest BCUT2D eigenvalue weighted by Crippen LogP contribution is 2.26.